The highest BCUT2D eigenvalue weighted by Gasteiger charge is 2.22. The van der Waals surface area contributed by atoms with E-state index >= 15 is 0 Å². The molecule has 0 bridgehead atoms. The van der Waals surface area contributed by atoms with Gasteiger partial charge in [-0.15, -0.1) is 0 Å². The lowest BCUT2D eigenvalue weighted by molar-refractivity contribution is 0.162. The molecule has 71 heavy (non-hydrogen) atoms. The van der Waals surface area contributed by atoms with Crippen molar-refractivity contribution in [1.82, 2.24) is 9.97 Å². The number of rotatable bonds is 14. The van der Waals surface area contributed by atoms with Crippen molar-refractivity contribution in [1.29, 1.82) is 0 Å². The highest BCUT2D eigenvalue weighted by Crippen LogP contribution is 2.38. The van der Waals surface area contributed by atoms with Gasteiger partial charge in [0.25, 0.3) is 0 Å². The monoisotopic (exact) mass is 937 g/mol. The molecule has 2 heterocycles. The first-order valence-corrected chi connectivity index (χ1v) is 25.6. The molecule has 9 aromatic rings. The van der Waals surface area contributed by atoms with Gasteiger partial charge in [0, 0.05) is 30.0 Å². The lowest BCUT2D eigenvalue weighted by Gasteiger charge is -2.27. The molecule has 9 rings (SSSR count). The van der Waals surface area contributed by atoms with Gasteiger partial charge in [0.1, 0.15) is 0 Å². The van der Waals surface area contributed by atoms with Gasteiger partial charge in [-0.1, -0.05) is 219 Å². The number of pyridine rings is 2. The van der Waals surface area contributed by atoms with Gasteiger partial charge in [-0.3, -0.25) is 9.98 Å². The average Bonchev–Trinajstić information content (AvgIpc) is 3.40. The van der Waals surface area contributed by atoms with Crippen molar-refractivity contribution in [3.05, 3.63) is 227 Å². The van der Waals surface area contributed by atoms with Crippen LogP contribution in [-0.2, 0) is 4.74 Å². The van der Waals surface area contributed by atoms with Gasteiger partial charge in [-0.05, 0) is 111 Å². The molecule has 1 N–H and O–H groups in total. The zero-order chi connectivity index (χ0) is 50.3. The zero-order valence-electron chi connectivity index (χ0n) is 43.5. The standard InChI is InChI=1S/C34H34N2.C28H28N2.C4H10O/c1-23(2)27-18-11-19-28(24(3)4)34(27)36-33(26-14-6-5-7-15-26)32-22-12-21-31(35-32)30-20-10-16-25-13-8-9-17-29(25)30;1-19(2)23-14-9-15-24(20(3)4)28(23)29-18-22-12-8-17-27(30-22)26-16-7-11-21-10-5-6-13-25(21)26;1-3-5-4-2/h5-24,33,36H,1-4H3;5-20H,1-4H3;3-4H2,1-2H3. The summed E-state index contributed by atoms with van der Waals surface area (Å²) in [5, 5.41) is 8.86. The van der Waals surface area contributed by atoms with E-state index in [0.717, 1.165) is 52.8 Å². The van der Waals surface area contributed by atoms with E-state index < -0.39 is 0 Å². The Labute approximate surface area is 424 Å². The largest absolute Gasteiger partial charge is 0.382 e. The lowest BCUT2D eigenvalue weighted by atomic mass is 9.91. The minimum Gasteiger partial charge on any atom is -0.382 e. The molecule has 0 aliphatic carbocycles. The maximum atomic E-state index is 5.25. The molecule has 0 amide bonds. The number of ether oxygens (including phenoxy) is 1. The van der Waals surface area contributed by atoms with E-state index in [0.29, 0.717) is 23.7 Å². The second-order valence-electron chi connectivity index (χ2n) is 19.2. The normalized spacial score (nSPS) is 11.8. The summed E-state index contributed by atoms with van der Waals surface area (Å²) in [6, 6.07) is 66.1. The summed E-state index contributed by atoms with van der Waals surface area (Å²) < 4.78 is 4.83. The van der Waals surface area contributed by atoms with Crippen LogP contribution in [-0.4, -0.2) is 29.4 Å². The fourth-order valence-electron chi connectivity index (χ4n) is 9.16. The Morgan fingerprint density at radius 3 is 1.39 bits per heavy atom. The van der Waals surface area contributed by atoms with Crippen molar-refractivity contribution in [2.24, 2.45) is 4.99 Å². The first-order valence-electron chi connectivity index (χ1n) is 25.6. The van der Waals surface area contributed by atoms with Gasteiger partial charge >= 0.3 is 0 Å². The Kier molecular flexibility index (Phi) is 18.2. The third-order valence-corrected chi connectivity index (χ3v) is 12.8. The van der Waals surface area contributed by atoms with Gasteiger partial charge in [-0.2, -0.15) is 0 Å². The quantitative estimate of drug-likeness (QED) is 0.110. The third-order valence-electron chi connectivity index (χ3n) is 12.8. The fourth-order valence-corrected chi connectivity index (χ4v) is 9.16. The van der Waals surface area contributed by atoms with Crippen LogP contribution in [0.3, 0.4) is 0 Å². The second kappa shape index (κ2) is 25.1. The van der Waals surface area contributed by atoms with Crippen molar-refractivity contribution >= 4 is 39.1 Å². The zero-order valence-corrected chi connectivity index (χ0v) is 43.5. The molecule has 0 saturated carbocycles. The summed E-state index contributed by atoms with van der Waals surface area (Å²) in [7, 11) is 0. The summed E-state index contributed by atoms with van der Waals surface area (Å²) in [5.41, 5.74) is 14.9. The molecule has 0 saturated heterocycles. The van der Waals surface area contributed by atoms with Gasteiger partial charge < -0.3 is 10.1 Å². The topological polar surface area (TPSA) is 59.4 Å². The predicted octanol–water partition coefficient (Wildman–Crippen LogP) is 18.3. The third kappa shape index (κ3) is 13.0. The molecule has 362 valence electrons. The summed E-state index contributed by atoms with van der Waals surface area (Å²) in [6.07, 6.45) is 1.90. The smallest absolute Gasteiger partial charge is 0.0940 e. The second-order valence-corrected chi connectivity index (χ2v) is 19.2. The minimum atomic E-state index is -0.0708. The van der Waals surface area contributed by atoms with Crippen LogP contribution in [0.25, 0.3) is 44.1 Å². The van der Waals surface area contributed by atoms with Crippen molar-refractivity contribution in [3.63, 3.8) is 0 Å². The van der Waals surface area contributed by atoms with Crippen LogP contribution in [0.2, 0.25) is 0 Å². The lowest BCUT2D eigenvalue weighted by Crippen LogP contribution is -2.17. The van der Waals surface area contributed by atoms with Crippen LogP contribution in [0.15, 0.2) is 193 Å². The Hall–Kier alpha value is -7.21. The van der Waals surface area contributed by atoms with Gasteiger partial charge in [0.05, 0.1) is 40.7 Å². The van der Waals surface area contributed by atoms with Crippen LogP contribution in [0.1, 0.15) is 138 Å². The number of aliphatic imine (C=N–C) groups is 1. The van der Waals surface area contributed by atoms with E-state index in [2.05, 4.69) is 243 Å². The number of benzene rings is 7. The highest BCUT2D eigenvalue weighted by atomic mass is 16.5. The summed E-state index contributed by atoms with van der Waals surface area (Å²) >= 11 is 0. The van der Waals surface area contributed by atoms with Gasteiger partial charge in [0.2, 0.25) is 0 Å². The molecule has 1 unspecified atom stereocenters. The van der Waals surface area contributed by atoms with Crippen molar-refractivity contribution < 1.29 is 4.74 Å². The summed E-state index contributed by atoms with van der Waals surface area (Å²) in [5.74, 6) is 1.67. The maximum absolute atomic E-state index is 5.25. The Morgan fingerprint density at radius 1 is 0.451 bits per heavy atom. The fraction of sp³-hybridized carbons (Fsp3) is 0.258. The van der Waals surface area contributed by atoms with E-state index in [1.54, 1.807) is 0 Å². The van der Waals surface area contributed by atoms with Crippen LogP contribution in [0, 0.1) is 0 Å². The summed E-state index contributed by atoms with van der Waals surface area (Å²) in [4.78, 5) is 15.1. The molecule has 2 aromatic heterocycles. The minimum absolute atomic E-state index is 0.0708. The number of hydrogen-bond donors (Lipinski definition) is 1. The van der Waals surface area contributed by atoms with Gasteiger partial charge in [-0.25, -0.2) is 4.98 Å². The molecular weight excluding hydrogens is 865 g/mol. The molecule has 5 heteroatoms. The summed E-state index contributed by atoms with van der Waals surface area (Å²) in [6.45, 7) is 23.6. The van der Waals surface area contributed by atoms with Crippen molar-refractivity contribution in [2.75, 3.05) is 18.5 Å². The number of aromatic nitrogens is 2. The number of hydrogen-bond acceptors (Lipinski definition) is 5. The molecule has 5 nitrogen and oxygen atoms in total. The molecule has 0 spiro atoms. The van der Waals surface area contributed by atoms with E-state index in [1.165, 1.54) is 55.0 Å². The molecule has 0 aliphatic rings. The highest BCUT2D eigenvalue weighted by molar-refractivity contribution is 5.97. The molecule has 0 radical (unpaired) electrons. The molecule has 0 fully saturated rings. The number of anilines is 1. The Bertz CT molecular complexity index is 3090. The predicted molar refractivity (Wildman–Crippen MR) is 305 cm³/mol. The number of para-hydroxylation sites is 2. The average molecular weight is 937 g/mol. The van der Waals surface area contributed by atoms with Crippen LogP contribution in [0.5, 0.6) is 0 Å². The van der Waals surface area contributed by atoms with E-state index in [9.17, 15) is 0 Å². The first kappa shape index (κ1) is 51.6. The molecule has 1 atom stereocenters. The SMILES string of the molecule is CC(C)c1cccc(C(C)C)c1N=Cc1cccc(-c2cccc3ccccc23)n1.CC(C)c1cccc(C(C)C)c1NC(c1ccccc1)c1cccc(-c2cccc3ccccc23)n1.CCOCC. The Morgan fingerprint density at radius 2 is 0.887 bits per heavy atom. The number of nitrogens with one attached hydrogen (secondary N) is 1. The van der Waals surface area contributed by atoms with Crippen LogP contribution in [0.4, 0.5) is 11.4 Å². The molecule has 7 aromatic carbocycles. The van der Waals surface area contributed by atoms with Crippen LogP contribution < -0.4 is 5.32 Å². The number of nitrogens with zero attached hydrogens (tertiary/aromatic N) is 3. The first-order chi connectivity index (χ1) is 34.5. The van der Waals surface area contributed by atoms with E-state index in [-0.39, 0.29) is 6.04 Å². The number of fused-ring (bicyclic) bond motifs is 2. The van der Waals surface area contributed by atoms with E-state index in [1.807, 2.05) is 26.1 Å². The van der Waals surface area contributed by atoms with Gasteiger partial charge in [0.15, 0.2) is 0 Å². The van der Waals surface area contributed by atoms with Crippen molar-refractivity contribution in [3.8, 4) is 22.5 Å². The molecular formula is C66H72N4O. The van der Waals surface area contributed by atoms with Crippen molar-refractivity contribution in [2.45, 2.75) is 99.0 Å². The molecule has 0 aliphatic heterocycles. The Balaban J connectivity index is 0.000000193. The van der Waals surface area contributed by atoms with Crippen LogP contribution >= 0.6 is 0 Å². The van der Waals surface area contributed by atoms with E-state index in [4.69, 9.17) is 19.7 Å². The maximum Gasteiger partial charge on any atom is 0.0940 e.